The molecule has 6 nitrogen and oxygen atoms in total. The van der Waals surface area contributed by atoms with Crippen LogP contribution in [0.4, 0.5) is 0 Å². The molecular formula is C16H30N2O4. The van der Waals surface area contributed by atoms with Crippen molar-refractivity contribution in [3.8, 4) is 0 Å². The maximum absolute atomic E-state index is 10.4. The van der Waals surface area contributed by atoms with Crippen LogP contribution < -0.4 is 11.5 Å². The van der Waals surface area contributed by atoms with Crippen LogP contribution in [0.5, 0.6) is 0 Å². The van der Waals surface area contributed by atoms with Gasteiger partial charge in [-0.05, 0) is 31.1 Å². The zero-order chi connectivity index (χ0) is 16.5. The van der Waals surface area contributed by atoms with E-state index in [2.05, 4.69) is 0 Å². The highest BCUT2D eigenvalue weighted by Crippen LogP contribution is 2.30. The average molecular weight is 314 g/mol. The zero-order valence-electron chi connectivity index (χ0n) is 13.2. The monoisotopic (exact) mass is 314 g/mol. The Bertz CT molecular complexity index is 352. The van der Waals surface area contributed by atoms with Gasteiger partial charge in [0.05, 0.1) is 0 Å². The molecule has 2 aliphatic rings. The van der Waals surface area contributed by atoms with E-state index in [9.17, 15) is 9.59 Å². The number of aliphatic carboxylic acids is 2. The third-order valence-corrected chi connectivity index (χ3v) is 4.81. The highest BCUT2D eigenvalue weighted by molar-refractivity contribution is 5.73. The van der Waals surface area contributed by atoms with Crippen LogP contribution in [0, 0.1) is 11.8 Å². The fourth-order valence-electron chi connectivity index (χ4n) is 3.03. The van der Waals surface area contributed by atoms with Gasteiger partial charge in [0.2, 0.25) is 0 Å². The van der Waals surface area contributed by atoms with Gasteiger partial charge in [0.25, 0.3) is 0 Å². The Balaban J connectivity index is 0.000000224. The summed E-state index contributed by atoms with van der Waals surface area (Å²) in [6.45, 7) is 0. The average Bonchev–Trinajstić information content (AvgIpc) is 2.93. The summed E-state index contributed by atoms with van der Waals surface area (Å²) in [6, 6.07) is -1.28. The summed E-state index contributed by atoms with van der Waals surface area (Å²) in [5.74, 6) is -0.401. The van der Waals surface area contributed by atoms with Crippen LogP contribution in [0.3, 0.4) is 0 Å². The normalized spacial score (nSPS) is 21.4. The van der Waals surface area contributed by atoms with Gasteiger partial charge in [0, 0.05) is 0 Å². The number of hydrogen-bond acceptors (Lipinski definition) is 4. The lowest BCUT2D eigenvalue weighted by Crippen LogP contribution is -2.33. The molecule has 0 radical (unpaired) electrons. The minimum Gasteiger partial charge on any atom is -0.480 e. The van der Waals surface area contributed by atoms with E-state index < -0.39 is 24.0 Å². The Morgan fingerprint density at radius 3 is 1.77 bits per heavy atom. The molecule has 22 heavy (non-hydrogen) atoms. The van der Waals surface area contributed by atoms with Gasteiger partial charge in [0.1, 0.15) is 12.1 Å². The van der Waals surface area contributed by atoms with Crippen LogP contribution in [-0.4, -0.2) is 34.2 Å². The van der Waals surface area contributed by atoms with Crippen molar-refractivity contribution in [1.82, 2.24) is 0 Å². The summed E-state index contributed by atoms with van der Waals surface area (Å²) in [4.78, 5) is 20.6. The third kappa shape index (κ3) is 7.22. The summed E-state index contributed by atoms with van der Waals surface area (Å²) < 4.78 is 0. The summed E-state index contributed by atoms with van der Waals surface area (Å²) in [6.07, 6.45) is 11.0. The number of carbonyl (C=O) groups is 2. The van der Waals surface area contributed by atoms with Crippen molar-refractivity contribution in [2.45, 2.75) is 76.3 Å². The van der Waals surface area contributed by atoms with Crippen LogP contribution in [0.15, 0.2) is 0 Å². The molecule has 2 fully saturated rings. The molecule has 2 atom stereocenters. The van der Waals surface area contributed by atoms with E-state index >= 15 is 0 Å². The highest BCUT2D eigenvalue weighted by Gasteiger charge is 2.23. The van der Waals surface area contributed by atoms with Crippen molar-refractivity contribution < 1.29 is 19.8 Å². The summed E-state index contributed by atoms with van der Waals surface area (Å²) in [5.41, 5.74) is 10.7. The second-order valence-electron chi connectivity index (χ2n) is 6.65. The molecule has 6 heteroatoms. The summed E-state index contributed by atoms with van der Waals surface area (Å²) >= 11 is 0. The van der Waals surface area contributed by atoms with Crippen LogP contribution in [0.2, 0.25) is 0 Å². The van der Waals surface area contributed by atoms with Gasteiger partial charge in [-0.1, -0.05) is 44.9 Å². The Hall–Kier alpha value is -1.14. The molecule has 0 heterocycles. The van der Waals surface area contributed by atoms with Gasteiger partial charge < -0.3 is 21.7 Å². The van der Waals surface area contributed by atoms with Crippen LogP contribution in [0.25, 0.3) is 0 Å². The van der Waals surface area contributed by atoms with E-state index in [0.29, 0.717) is 18.8 Å². The van der Waals surface area contributed by atoms with Crippen molar-refractivity contribution in [3.05, 3.63) is 0 Å². The van der Waals surface area contributed by atoms with Gasteiger partial charge >= 0.3 is 11.9 Å². The second kappa shape index (κ2) is 9.79. The van der Waals surface area contributed by atoms with Gasteiger partial charge in [-0.2, -0.15) is 0 Å². The van der Waals surface area contributed by atoms with E-state index in [-0.39, 0.29) is 0 Å². The molecule has 2 saturated carbocycles. The Kier molecular flexibility index (Phi) is 8.42. The van der Waals surface area contributed by atoms with Crippen LogP contribution in [0.1, 0.15) is 64.2 Å². The molecular weight excluding hydrogens is 284 g/mol. The van der Waals surface area contributed by atoms with E-state index in [0.717, 1.165) is 12.3 Å². The Labute approximate surface area is 132 Å². The topological polar surface area (TPSA) is 127 Å². The number of rotatable bonds is 7. The molecule has 2 aliphatic carbocycles. The fourth-order valence-corrected chi connectivity index (χ4v) is 3.03. The largest absolute Gasteiger partial charge is 0.480 e. The predicted molar refractivity (Wildman–Crippen MR) is 84.4 cm³/mol. The molecule has 0 aromatic carbocycles. The Morgan fingerprint density at radius 2 is 1.36 bits per heavy atom. The fraction of sp³-hybridized carbons (Fsp3) is 0.875. The van der Waals surface area contributed by atoms with E-state index in [4.69, 9.17) is 21.7 Å². The predicted octanol–water partition coefficient (Wildman–Crippen LogP) is 1.96. The smallest absolute Gasteiger partial charge is 0.320 e. The lowest BCUT2D eigenvalue weighted by atomic mass is 9.81. The van der Waals surface area contributed by atoms with E-state index in [1.165, 1.54) is 44.9 Å². The van der Waals surface area contributed by atoms with Crippen LogP contribution >= 0.6 is 0 Å². The van der Waals surface area contributed by atoms with Crippen molar-refractivity contribution >= 4 is 11.9 Å². The molecule has 0 saturated heterocycles. The molecule has 0 aromatic heterocycles. The molecule has 0 aliphatic heterocycles. The lowest BCUT2D eigenvalue weighted by Gasteiger charge is -2.26. The van der Waals surface area contributed by atoms with Crippen molar-refractivity contribution in [2.75, 3.05) is 0 Å². The van der Waals surface area contributed by atoms with Gasteiger partial charge in [-0.15, -0.1) is 0 Å². The van der Waals surface area contributed by atoms with Crippen molar-refractivity contribution in [3.63, 3.8) is 0 Å². The van der Waals surface area contributed by atoms with Crippen molar-refractivity contribution in [1.29, 1.82) is 0 Å². The highest BCUT2D eigenvalue weighted by atomic mass is 16.4. The Morgan fingerprint density at radius 1 is 0.864 bits per heavy atom. The number of nitrogens with two attached hydrogens (primary N) is 2. The third-order valence-electron chi connectivity index (χ3n) is 4.81. The molecule has 6 N–H and O–H groups in total. The number of carboxylic acid groups (broad SMARTS) is 2. The van der Waals surface area contributed by atoms with Crippen LogP contribution in [-0.2, 0) is 9.59 Å². The SMILES string of the molecule is NC(CC1CCC1)C(=O)O.NC(CCC1CCCC1)C(=O)O. The molecule has 2 unspecified atom stereocenters. The number of carboxylic acids is 2. The second-order valence-corrected chi connectivity index (χ2v) is 6.65. The first-order valence-electron chi connectivity index (χ1n) is 8.37. The zero-order valence-corrected chi connectivity index (χ0v) is 13.2. The molecule has 128 valence electrons. The quantitative estimate of drug-likeness (QED) is 0.569. The summed E-state index contributed by atoms with van der Waals surface area (Å²) in [7, 11) is 0. The lowest BCUT2D eigenvalue weighted by molar-refractivity contribution is -0.139. The molecule has 2 rings (SSSR count). The standard InChI is InChI=1S/C9H17NO2.C7H13NO2/c10-8(9(11)12)6-5-7-3-1-2-4-7;8-6(7(9)10)4-5-2-1-3-5/h7-8H,1-6,10H2,(H,11,12);5-6H,1-4,8H2,(H,9,10). The molecule has 0 bridgehead atoms. The van der Waals surface area contributed by atoms with Gasteiger partial charge in [-0.25, -0.2) is 0 Å². The van der Waals surface area contributed by atoms with E-state index in [1.807, 2.05) is 0 Å². The number of hydrogen-bond donors (Lipinski definition) is 4. The van der Waals surface area contributed by atoms with Crippen molar-refractivity contribution in [2.24, 2.45) is 23.3 Å². The summed E-state index contributed by atoms with van der Waals surface area (Å²) in [5, 5.41) is 17.0. The molecule has 0 aromatic rings. The maximum atomic E-state index is 10.4. The van der Waals surface area contributed by atoms with Gasteiger partial charge in [0.15, 0.2) is 0 Å². The van der Waals surface area contributed by atoms with E-state index in [1.54, 1.807) is 0 Å². The minimum atomic E-state index is -0.869. The maximum Gasteiger partial charge on any atom is 0.320 e. The first kappa shape index (κ1) is 18.9. The first-order valence-corrected chi connectivity index (χ1v) is 8.37. The van der Waals surface area contributed by atoms with Gasteiger partial charge in [-0.3, -0.25) is 9.59 Å². The molecule has 0 amide bonds. The first-order chi connectivity index (χ1) is 10.4. The molecule has 0 spiro atoms. The minimum absolute atomic E-state index is 0.589.